The SMILES string of the molecule is CC(C)(C)c1cc(N2CCOCC2)nc(SCc2ccc(C(=O)NCc3cccnc3)o2)n1. The van der Waals surface area contributed by atoms with E-state index < -0.39 is 0 Å². The first-order chi connectivity index (χ1) is 15.9. The quantitative estimate of drug-likeness (QED) is 0.414. The van der Waals surface area contributed by atoms with E-state index >= 15 is 0 Å². The van der Waals surface area contributed by atoms with Crippen LogP contribution in [0.25, 0.3) is 0 Å². The second-order valence-corrected chi connectivity index (χ2v) is 9.78. The highest BCUT2D eigenvalue weighted by molar-refractivity contribution is 7.98. The molecular weight excluding hydrogens is 438 g/mol. The number of thioether (sulfide) groups is 1. The zero-order valence-corrected chi connectivity index (χ0v) is 20.0. The van der Waals surface area contributed by atoms with Gasteiger partial charge in [-0.1, -0.05) is 38.6 Å². The van der Waals surface area contributed by atoms with Crippen LogP contribution < -0.4 is 10.2 Å². The van der Waals surface area contributed by atoms with Crippen molar-refractivity contribution in [3.63, 3.8) is 0 Å². The summed E-state index contributed by atoms with van der Waals surface area (Å²) in [5.41, 5.74) is 1.83. The molecule has 1 fully saturated rings. The Labute approximate surface area is 198 Å². The molecule has 3 aromatic heterocycles. The van der Waals surface area contributed by atoms with Gasteiger partial charge >= 0.3 is 0 Å². The zero-order chi connectivity index (χ0) is 23.3. The lowest BCUT2D eigenvalue weighted by atomic mass is 9.92. The second-order valence-electron chi connectivity index (χ2n) is 8.84. The van der Waals surface area contributed by atoms with Crippen LogP contribution in [-0.4, -0.2) is 47.2 Å². The van der Waals surface area contributed by atoms with Crippen molar-refractivity contribution in [2.45, 2.75) is 43.6 Å². The van der Waals surface area contributed by atoms with Crippen LogP contribution >= 0.6 is 11.8 Å². The van der Waals surface area contributed by atoms with Crippen LogP contribution in [0.4, 0.5) is 5.82 Å². The van der Waals surface area contributed by atoms with E-state index in [-0.39, 0.29) is 17.1 Å². The second kappa shape index (κ2) is 10.4. The molecule has 1 N–H and O–H groups in total. The minimum atomic E-state index is -0.254. The summed E-state index contributed by atoms with van der Waals surface area (Å²) in [6.07, 6.45) is 3.42. The molecule has 0 radical (unpaired) electrons. The number of hydrogen-bond acceptors (Lipinski definition) is 8. The summed E-state index contributed by atoms with van der Waals surface area (Å²) < 4.78 is 11.2. The number of furan rings is 1. The number of rotatable bonds is 7. The molecule has 0 unspecified atom stereocenters. The van der Waals surface area contributed by atoms with Crippen molar-refractivity contribution in [1.82, 2.24) is 20.3 Å². The predicted molar refractivity (Wildman–Crippen MR) is 127 cm³/mol. The topological polar surface area (TPSA) is 93.4 Å². The van der Waals surface area contributed by atoms with Crippen LogP contribution in [0.3, 0.4) is 0 Å². The Kier molecular flexibility index (Phi) is 7.29. The monoisotopic (exact) mass is 467 g/mol. The zero-order valence-electron chi connectivity index (χ0n) is 19.2. The molecule has 0 aliphatic carbocycles. The Morgan fingerprint density at radius 3 is 2.73 bits per heavy atom. The van der Waals surface area contributed by atoms with E-state index in [9.17, 15) is 4.79 Å². The smallest absolute Gasteiger partial charge is 0.287 e. The van der Waals surface area contributed by atoms with Gasteiger partial charge in [-0.3, -0.25) is 9.78 Å². The lowest BCUT2D eigenvalue weighted by Crippen LogP contribution is -2.37. The molecule has 9 heteroatoms. The molecule has 3 aromatic rings. The van der Waals surface area contributed by atoms with Gasteiger partial charge in [0.2, 0.25) is 0 Å². The minimum Gasteiger partial charge on any atom is -0.455 e. The van der Waals surface area contributed by atoms with Gasteiger partial charge in [-0.15, -0.1) is 0 Å². The standard InChI is InChI=1S/C24H29N5O3S/c1-24(2,3)20-13-21(29-9-11-31-12-10-29)28-23(27-20)33-16-18-6-7-19(32-18)22(30)26-15-17-5-4-8-25-14-17/h4-8,13-14H,9-12,15-16H2,1-3H3,(H,26,30). The average molecular weight is 468 g/mol. The van der Waals surface area contributed by atoms with Gasteiger partial charge in [0.1, 0.15) is 11.6 Å². The molecule has 0 bridgehead atoms. The predicted octanol–water partition coefficient (Wildman–Crippen LogP) is 3.82. The third kappa shape index (κ3) is 6.33. The summed E-state index contributed by atoms with van der Waals surface area (Å²) in [4.78, 5) is 28.3. The Morgan fingerprint density at radius 1 is 1.18 bits per heavy atom. The average Bonchev–Trinajstić information content (AvgIpc) is 3.31. The van der Waals surface area contributed by atoms with Gasteiger partial charge in [0.25, 0.3) is 5.91 Å². The molecule has 0 atom stereocenters. The summed E-state index contributed by atoms with van der Waals surface area (Å²) in [5.74, 6) is 2.19. The van der Waals surface area contributed by atoms with E-state index in [4.69, 9.17) is 19.1 Å². The van der Waals surface area contributed by atoms with E-state index in [1.165, 1.54) is 11.8 Å². The maximum absolute atomic E-state index is 12.4. The van der Waals surface area contributed by atoms with Crippen LogP contribution in [-0.2, 0) is 22.4 Å². The molecule has 0 aromatic carbocycles. The van der Waals surface area contributed by atoms with E-state index in [0.717, 1.165) is 30.2 Å². The molecule has 174 valence electrons. The maximum atomic E-state index is 12.4. The Hall–Kier alpha value is -2.91. The van der Waals surface area contributed by atoms with E-state index in [0.29, 0.717) is 36.4 Å². The third-order valence-corrected chi connectivity index (χ3v) is 6.07. The number of aromatic nitrogens is 3. The van der Waals surface area contributed by atoms with Crippen LogP contribution in [0.1, 0.15) is 48.3 Å². The fourth-order valence-corrected chi connectivity index (χ4v) is 4.05. The number of carbonyl (C=O) groups excluding carboxylic acids is 1. The number of nitrogens with zero attached hydrogens (tertiary/aromatic N) is 4. The Bertz CT molecular complexity index is 1080. The number of anilines is 1. The largest absolute Gasteiger partial charge is 0.455 e. The number of morpholine rings is 1. The molecule has 33 heavy (non-hydrogen) atoms. The molecule has 1 amide bonds. The molecule has 0 saturated carbocycles. The van der Waals surface area contributed by atoms with E-state index in [1.54, 1.807) is 18.5 Å². The fraction of sp³-hybridized carbons (Fsp3) is 0.417. The summed E-state index contributed by atoms with van der Waals surface area (Å²) in [6.45, 7) is 9.89. The van der Waals surface area contributed by atoms with Crippen molar-refractivity contribution >= 4 is 23.5 Å². The highest BCUT2D eigenvalue weighted by Crippen LogP contribution is 2.29. The third-order valence-electron chi connectivity index (χ3n) is 5.20. The summed E-state index contributed by atoms with van der Waals surface area (Å²) in [6, 6.07) is 9.34. The van der Waals surface area contributed by atoms with Crippen LogP contribution in [0, 0.1) is 0 Å². The van der Waals surface area contributed by atoms with Gasteiger partial charge in [0.15, 0.2) is 10.9 Å². The molecule has 4 rings (SSSR count). The molecule has 0 spiro atoms. The molecule has 1 aliphatic heterocycles. The molecule has 4 heterocycles. The fourth-order valence-electron chi connectivity index (χ4n) is 3.30. The van der Waals surface area contributed by atoms with Gasteiger partial charge in [-0.2, -0.15) is 0 Å². The van der Waals surface area contributed by atoms with Gasteiger partial charge in [-0.05, 0) is 23.8 Å². The Morgan fingerprint density at radius 2 is 2.00 bits per heavy atom. The number of pyridine rings is 1. The summed E-state index contributed by atoms with van der Waals surface area (Å²) in [7, 11) is 0. The van der Waals surface area contributed by atoms with Crippen LogP contribution in [0.15, 0.2) is 52.3 Å². The van der Waals surface area contributed by atoms with E-state index in [2.05, 4.69) is 42.0 Å². The highest BCUT2D eigenvalue weighted by Gasteiger charge is 2.22. The van der Waals surface area contributed by atoms with Crippen LogP contribution in [0.5, 0.6) is 0 Å². The normalized spacial score (nSPS) is 14.3. The summed E-state index contributed by atoms with van der Waals surface area (Å²) >= 11 is 1.50. The molecular formula is C24H29N5O3S. The van der Waals surface area contributed by atoms with Gasteiger partial charge in [-0.25, -0.2) is 9.97 Å². The number of nitrogens with one attached hydrogen (secondary N) is 1. The van der Waals surface area contributed by atoms with E-state index in [1.807, 2.05) is 18.2 Å². The first-order valence-corrected chi connectivity index (χ1v) is 12.0. The number of ether oxygens (including phenoxy) is 1. The van der Waals surface area contributed by atoms with Crippen molar-refractivity contribution in [2.75, 3.05) is 31.2 Å². The van der Waals surface area contributed by atoms with Crippen molar-refractivity contribution < 1.29 is 13.9 Å². The minimum absolute atomic E-state index is 0.0937. The number of carbonyl (C=O) groups is 1. The maximum Gasteiger partial charge on any atom is 0.287 e. The Balaban J connectivity index is 1.41. The highest BCUT2D eigenvalue weighted by atomic mass is 32.2. The van der Waals surface area contributed by atoms with Crippen molar-refractivity contribution in [3.8, 4) is 0 Å². The first kappa shape index (κ1) is 23.3. The number of amides is 1. The van der Waals surface area contributed by atoms with Gasteiger partial charge in [0, 0.05) is 43.5 Å². The first-order valence-electron chi connectivity index (χ1n) is 11.0. The molecule has 8 nitrogen and oxygen atoms in total. The number of hydrogen-bond donors (Lipinski definition) is 1. The van der Waals surface area contributed by atoms with Crippen molar-refractivity contribution in [3.05, 3.63) is 65.5 Å². The lowest BCUT2D eigenvalue weighted by molar-refractivity contribution is 0.0921. The molecule has 1 saturated heterocycles. The summed E-state index contributed by atoms with van der Waals surface area (Å²) in [5, 5.41) is 3.55. The molecule has 1 aliphatic rings. The van der Waals surface area contributed by atoms with Gasteiger partial charge in [0.05, 0.1) is 24.7 Å². The lowest BCUT2D eigenvalue weighted by Gasteiger charge is -2.29. The van der Waals surface area contributed by atoms with Crippen molar-refractivity contribution in [2.24, 2.45) is 0 Å². The van der Waals surface area contributed by atoms with Crippen LogP contribution in [0.2, 0.25) is 0 Å². The van der Waals surface area contributed by atoms with Gasteiger partial charge < -0.3 is 19.4 Å². The van der Waals surface area contributed by atoms with Crippen molar-refractivity contribution in [1.29, 1.82) is 0 Å².